The van der Waals surface area contributed by atoms with Gasteiger partial charge in [-0.2, -0.15) is 5.10 Å². The molecule has 180 valence electrons. The van der Waals surface area contributed by atoms with Gasteiger partial charge in [-0.3, -0.25) is 14.3 Å². The number of nitrogens with zero attached hydrogens (tertiary/aromatic N) is 3. The van der Waals surface area contributed by atoms with Gasteiger partial charge in [0.05, 0.1) is 31.5 Å². The summed E-state index contributed by atoms with van der Waals surface area (Å²) in [4.78, 5) is 26.0. The molecule has 3 rings (SSSR count). The molecule has 0 radical (unpaired) electrons. The van der Waals surface area contributed by atoms with E-state index in [0.717, 1.165) is 5.56 Å². The van der Waals surface area contributed by atoms with E-state index in [-0.39, 0.29) is 49.6 Å². The van der Waals surface area contributed by atoms with Gasteiger partial charge < -0.3 is 19.7 Å². The van der Waals surface area contributed by atoms with Crippen LogP contribution in [0.5, 0.6) is 11.5 Å². The Bertz CT molecular complexity index is 1120. The molecule has 10 heteroatoms. The highest BCUT2D eigenvalue weighted by Gasteiger charge is 2.12. The van der Waals surface area contributed by atoms with Crippen LogP contribution in [-0.2, 0) is 16.1 Å². The molecular weight excluding hydrogens is 446 g/mol. The van der Waals surface area contributed by atoms with Gasteiger partial charge in [0.25, 0.3) is 0 Å². The summed E-state index contributed by atoms with van der Waals surface area (Å²) in [5.74, 6) is -0.731. The van der Waals surface area contributed by atoms with Crippen LogP contribution in [0.25, 0.3) is 0 Å². The highest BCUT2D eigenvalue weighted by Crippen LogP contribution is 2.18. The normalized spacial score (nSPS) is 10.6. The molecule has 0 fully saturated rings. The van der Waals surface area contributed by atoms with Crippen molar-refractivity contribution in [2.75, 3.05) is 32.1 Å². The molecule has 0 aliphatic heterocycles. The van der Waals surface area contributed by atoms with Crippen molar-refractivity contribution in [1.82, 2.24) is 14.7 Å². The number of rotatable bonds is 11. The molecule has 0 aliphatic rings. The van der Waals surface area contributed by atoms with Crippen molar-refractivity contribution >= 4 is 17.5 Å². The third-order valence-corrected chi connectivity index (χ3v) is 4.82. The molecule has 0 saturated heterocycles. The minimum atomic E-state index is -0.474. The maximum absolute atomic E-state index is 13.8. The summed E-state index contributed by atoms with van der Waals surface area (Å²) in [6.45, 7) is 2.37. The summed E-state index contributed by atoms with van der Waals surface area (Å²) in [5.41, 5.74) is 1.21. The molecule has 2 amide bonds. The number of likely N-dealkylation sites (N-methyl/N-ethyl adjacent to an activating group) is 1. The lowest BCUT2D eigenvalue weighted by molar-refractivity contribution is -0.131. The number of hydrogen-bond donors (Lipinski definition) is 1. The molecule has 8 nitrogen and oxygen atoms in total. The van der Waals surface area contributed by atoms with Crippen molar-refractivity contribution in [3.63, 3.8) is 0 Å². The highest BCUT2D eigenvalue weighted by atomic mass is 19.1. The Balaban J connectivity index is 1.37. The highest BCUT2D eigenvalue weighted by molar-refractivity contribution is 5.90. The van der Waals surface area contributed by atoms with Crippen LogP contribution < -0.4 is 14.8 Å². The summed E-state index contributed by atoms with van der Waals surface area (Å²) in [7, 11) is 1.64. The van der Waals surface area contributed by atoms with Gasteiger partial charge in [0.15, 0.2) is 11.6 Å². The van der Waals surface area contributed by atoms with Crippen LogP contribution in [-0.4, -0.2) is 53.3 Å². The lowest BCUT2D eigenvalue weighted by Crippen LogP contribution is -2.33. The number of halogens is 2. The quantitative estimate of drug-likeness (QED) is 0.462. The number of aryl methyl sites for hydroxylation is 1. The van der Waals surface area contributed by atoms with Gasteiger partial charge >= 0.3 is 0 Å². The molecule has 0 aliphatic carbocycles. The molecule has 0 bridgehead atoms. The van der Waals surface area contributed by atoms with Crippen molar-refractivity contribution in [3.8, 4) is 11.5 Å². The second kappa shape index (κ2) is 11.8. The maximum Gasteiger partial charge on any atom is 0.244 e. The molecule has 2 aromatic carbocycles. The van der Waals surface area contributed by atoms with Crippen LogP contribution in [0.3, 0.4) is 0 Å². The number of amides is 2. The Hall–Kier alpha value is -3.95. The number of anilines is 1. The third-order valence-electron chi connectivity index (χ3n) is 4.82. The minimum absolute atomic E-state index is 0.0151. The van der Waals surface area contributed by atoms with Crippen molar-refractivity contribution in [3.05, 3.63) is 72.1 Å². The van der Waals surface area contributed by atoms with Crippen molar-refractivity contribution in [2.45, 2.75) is 19.9 Å². The van der Waals surface area contributed by atoms with Crippen LogP contribution in [0, 0.1) is 18.6 Å². The first-order valence-electron chi connectivity index (χ1n) is 10.6. The Morgan fingerprint density at radius 1 is 1.09 bits per heavy atom. The van der Waals surface area contributed by atoms with Crippen molar-refractivity contribution < 1.29 is 27.8 Å². The zero-order chi connectivity index (χ0) is 24.5. The second-order valence-electron chi connectivity index (χ2n) is 7.62. The molecule has 1 aromatic heterocycles. The fourth-order valence-corrected chi connectivity index (χ4v) is 2.93. The minimum Gasteiger partial charge on any atom is -0.492 e. The fraction of sp³-hybridized carbons (Fsp3) is 0.292. The number of nitrogens with one attached hydrogen (secondary N) is 1. The van der Waals surface area contributed by atoms with Gasteiger partial charge in [0, 0.05) is 13.2 Å². The standard InChI is InChI=1S/C24H26F2N4O4/c1-17-3-8-22(21(26)13-17)34-11-9-23(31)28-19-14-27-30(15-19)16-24(32)29(2)10-12-33-20-6-4-18(25)5-7-20/h3-8,13-15H,9-12,16H2,1-2H3,(H,28,31). The van der Waals surface area contributed by atoms with E-state index >= 15 is 0 Å². The summed E-state index contributed by atoms with van der Waals surface area (Å²) >= 11 is 0. The second-order valence-corrected chi connectivity index (χ2v) is 7.62. The SMILES string of the molecule is Cc1ccc(OCCC(=O)Nc2cnn(CC(=O)N(C)CCOc3ccc(F)cc3)c2)c(F)c1. The van der Waals surface area contributed by atoms with Gasteiger partial charge in [0.2, 0.25) is 11.8 Å². The summed E-state index contributed by atoms with van der Waals surface area (Å²) < 4.78 is 38.9. The number of aromatic nitrogens is 2. The summed E-state index contributed by atoms with van der Waals surface area (Å²) in [6, 6.07) is 10.2. The lowest BCUT2D eigenvalue weighted by Gasteiger charge is -2.17. The number of hydrogen-bond acceptors (Lipinski definition) is 5. The number of carbonyl (C=O) groups excluding carboxylic acids is 2. The zero-order valence-electron chi connectivity index (χ0n) is 19.0. The molecule has 0 saturated carbocycles. The Morgan fingerprint density at radius 2 is 1.85 bits per heavy atom. The Kier molecular flexibility index (Phi) is 8.55. The number of benzene rings is 2. The first-order chi connectivity index (χ1) is 16.3. The van der Waals surface area contributed by atoms with Crippen molar-refractivity contribution in [1.29, 1.82) is 0 Å². The van der Waals surface area contributed by atoms with E-state index in [1.54, 1.807) is 26.2 Å². The molecule has 0 unspecified atom stereocenters. The van der Waals surface area contributed by atoms with E-state index in [0.29, 0.717) is 18.0 Å². The maximum atomic E-state index is 13.8. The van der Waals surface area contributed by atoms with Crippen LogP contribution in [0.1, 0.15) is 12.0 Å². The fourth-order valence-electron chi connectivity index (χ4n) is 2.93. The Morgan fingerprint density at radius 3 is 2.59 bits per heavy atom. The largest absolute Gasteiger partial charge is 0.492 e. The van der Waals surface area contributed by atoms with Gasteiger partial charge in [-0.25, -0.2) is 8.78 Å². The molecule has 0 spiro atoms. The van der Waals surface area contributed by atoms with Crippen LogP contribution >= 0.6 is 0 Å². The number of carbonyl (C=O) groups is 2. The van der Waals surface area contributed by atoms with Gasteiger partial charge in [0.1, 0.15) is 24.7 Å². The van der Waals surface area contributed by atoms with Gasteiger partial charge in [-0.1, -0.05) is 6.07 Å². The summed E-state index contributed by atoms with van der Waals surface area (Å²) in [5, 5.41) is 6.75. The Labute approximate surface area is 196 Å². The molecule has 1 heterocycles. The van der Waals surface area contributed by atoms with Crippen LogP contribution in [0.15, 0.2) is 54.9 Å². The van der Waals surface area contributed by atoms with E-state index in [4.69, 9.17) is 9.47 Å². The third kappa shape index (κ3) is 7.58. The van der Waals surface area contributed by atoms with Gasteiger partial charge in [-0.05, 0) is 48.9 Å². The predicted octanol–water partition coefficient (Wildman–Crippen LogP) is 3.41. The van der Waals surface area contributed by atoms with E-state index in [2.05, 4.69) is 10.4 Å². The van der Waals surface area contributed by atoms with Crippen molar-refractivity contribution in [2.24, 2.45) is 0 Å². The molecule has 34 heavy (non-hydrogen) atoms. The average molecular weight is 472 g/mol. The smallest absolute Gasteiger partial charge is 0.244 e. The monoisotopic (exact) mass is 472 g/mol. The summed E-state index contributed by atoms with van der Waals surface area (Å²) in [6.07, 6.45) is 3.00. The average Bonchev–Trinajstić information content (AvgIpc) is 3.23. The molecule has 0 atom stereocenters. The molecule has 3 aromatic rings. The van der Waals surface area contributed by atoms with E-state index < -0.39 is 5.82 Å². The number of ether oxygens (including phenoxy) is 2. The zero-order valence-corrected chi connectivity index (χ0v) is 19.0. The van der Waals surface area contributed by atoms with Crippen LogP contribution in [0.4, 0.5) is 14.5 Å². The topological polar surface area (TPSA) is 85.7 Å². The van der Waals surface area contributed by atoms with Gasteiger partial charge in [-0.15, -0.1) is 0 Å². The first kappa shape index (κ1) is 24.7. The van der Waals surface area contributed by atoms with E-state index in [1.165, 1.54) is 52.2 Å². The first-order valence-corrected chi connectivity index (χ1v) is 10.6. The van der Waals surface area contributed by atoms with Crippen LogP contribution in [0.2, 0.25) is 0 Å². The predicted molar refractivity (Wildman–Crippen MR) is 122 cm³/mol. The van der Waals surface area contributed by atoms with E-state index in [1.807, 2.05) is 0 Å². The molecular formula is C24H26F2N4O4. The lowest BCUT2D eigenvalue weighted by atomic mass is 10.2. The van der Waals surface area contributed by atoms with E-state index in [9.17, 15) is 18.4 Å². The molecule has 1 N–H and O–H groups in total.